The monoisotopic (exact) mass is 493 g/mol. The van der Waals surface area contributed by atoms with Crippen LogP contribution < -0.4 is 5.32 Å². The number of para-hydroxylation sites is 2. The summed E-state index contributed by atoms with van der Waals surface area (Å²) in [5, 5.41) is 9.68. The number of nitrogens with one attached hydrogen (secondary N) is 2. The molecule has 2 N–H and O–H groups in total. The maximum absolute atomic E-state index is 13.2. The van der Waals surface area contributed by atoms with Crippen LogP contribution in [0.25, 0.3) is 16.9 Å². The van der Waals surface area contributed by atoms with Crippen LogP contribution in [0.4, 0.5) is 0 Å². The van der Waals surface area contributed by atoms with Gasteiger partial charge in [-0.15, -0.1) is 0 Å². The van der Waals surface area contributed by atoms with Gasteiger partial charge in [0.25, 0.3) is 0 Å². The van der Waals surface area contributed by atoms with E-state index >= 15 is 0 Å². The van der Waals surface area contributed by atoms with Gasteiger partial charge in [-0.2, -0.15) is 9.40 Å². The minimum Gasteiger partial charge on any atom is -0.352 e. The third-order valence-electron chi connectivity index (χ3n) is 6.39. The molecule has 1 unspecified atom stereocenters. The fourth-order valence-corrected chi connectivity index (χ4v) is 6.42. The molecule has 0 radical (unpaired) electrons. The Labute approximate surface area is 203 Å². The lowest BCUT2D eigenvalue weighted by Crippen LogP contribution is -2.45. The van der Waals surface area contributed by atoms with E-state index in [0.29, 0.717) is 37.3 Å². The summed E-state index contributed by atoms with van der Waals surface area (Å²) >= 11 is 0. The molecule has 0 bridgehead atoms. The number of fused-ring (bicyclic) bond motifs is 1. The van der Waals surface area contributed by atoms with E-state index < -0.39 is 15.9 Å². The largest absolute Gasteiger partial charge is 0.352 e. The summed E-state index contributed by atoms with van der Waals surface area (Å²) in [6, 6.07) is 11.6. The minimum atomic E-state index is -3.71. The average Bonchev–Trinajstić information content (AvgIpc) is 3.46. The van der Waals surface area contributed by atoms with Gasteiger partial charge >= 0.3 is 0 Å². The van der Waals surface area contributed by atoms with Crippen molar-refractivity contribution in [2.45, 2.75) is 38.1 Å². The molecule has 35 heavy (non-hydrogen) atoms. The molecule has 1 saturated heterocycles. The van der Waals surface area contributed by atoms with Crippen molar-refractivity contribution in [3.63, 3.8) is 0 Å². The van der Waals surface area contributed by atoms with Crippen LogP contribution in [-0.2, 0) is 21.4 Å². The maximum atomic E-state index is 13.2. The van der Waals surface area contributed by atoms with E-state index in [1.807, 2.05) is 41.0 Å². The number of aromatic nitrogens is 5. The van der Waals surface area contributed by atoms with E-state index in [4.69, 9.17) is 0 Å². The van der Waals surface area contributed by atoms with Crippen LogP contribution in [0, 0.1) is 19.8 Å². The van der Waals surface area contributed by atoms with Crippen LogP contribution in [0.5, 0.6) is 0 Å². The molecule has 1 atom stereocenters. The summed E-state index contributed by atoms with van der Waals surface area (Å²) in [7, 11) is -3.71. The predicted molar refractivity (Wildman–Crippen MR) is 130 cm³/mol. The smallest absolute Gasteiger partial charge is 0.246 e. The van der Waals surface area contributed by atoms with Gasteiger partial charge in [-0.1, -0.05) is 18.2 Å². The molecule has 1 aromatic carbocycles. The number of H-pyrrole nitrogens is 1. The van der Waals surface area contributed by atoms with Crippen molar-refractivity contribution >= 4 is 27.0 Å². The normalized spacial score (nSPS) is 17.0. The molecular weight excluding hydrogens is 466 g/mol. The number of pyridine rings is 1. The number of carbonyl (C=O) groups excluding carboxylic acids is 1. The first-order valence-corrected chi connectivity index (χ1v) is 13.0. The molecule has 0 saturated carbocycles. The number of aromatic amines is 1. The molecule has 10 nitrogen and oxygen atoms in total. The highest BCUT2D eigenvalue weighted by Crippen LogP contribution is 2.27. The number of hydrogen-bond donors (Lipinski definition) is 2. The summed E-state index contributed by atoms with van der Waals surface area (Å²) < 4.78 is 29.7. The SMILES string of the molecule is Cc1n[nH]c(C)c1S(=O)(=O)N1CCCC(C(=O)NCc2ccc(-n3cnc4ccccc43)nc2)C1. The maximum Gasteiger partial charge on any atom is 0.246 e. The molecule has 11 heteroatoms. The molecule has 5 rings (SSSR count). The van der Waals surface area contributed by atoms with Crippen molar-refractivity contribution in [3.05, 3.63) is 65.9 Å². The van der Waals surface area contributed by atoms with Crippen LogP contribution in [0.1, 0.15) is 29.8 Å². The van der Waals surface area contributed by atoms with Crippen molar-refractivity contribution in [2.75, 3.05) is 13.1 Å². The topological polar surface area (TPSA) is 126 Å². The van der Waals surface area contributed by atoms with Crippen molar-refractivity contribution < 1.29 is 13.2 Å². The first kappa shape index (κ1) is 23.2. The van der Waals surface area contributed by atoms with E-state index in [1.54, 1.807) is 26.4 Å². The summed E-state index contributed by atoms with van der Waals surface area (Å²) in [5.41, 5.74) is 3.67. The van der Waals surface area contributed by atoms with E-state index in [1.165, 1.54) is 4.31 Å². The van der Waals surface area contributed by atoms with E-state index in [0.717, 1.165) is 22.4 Å². The van der Waals surface area contributed by atoms with Gasteiger partial charge < -0.3 is 5.32 Å². The summed E-state index contributed by atoms with van der Waals surface area (Å²) in [4.78, 5) is 22.0. The zero-order chi connectivity index (χ0) is 24.6. The number of aryl methyl sites for hydroxylation is 2. The molecule has 4 heterocycles. The van der Waals surface area contributed by atoms with Crippen molar-refractivity contribution in [3.8, 4) is 5.82 Å². The van der Waals surface area contributed by atoms with Crippen molar-refractivity contribution in [1.82, 2.24) is 34.4 Å². The second-order valence-corrected chi connectivity index (χ2v) is 10.7. The molecule has 1 aliphatic rings. The van der Waals surface area contributed by atoms with Gasteiger partial charge in [0.2, 0.25) is 15.9 Å². The third kappa shape index (κ3) is 4.44. The Kier molecular flexibility index (Phi) is 6.12. The highest BCUT2D eigenvalue weighted by atomic mass is 32.2. The molecule has 182 valence electrons. The zero-order valence-electron chi connectivity index (χ0n) is 19.6. The number of amides is 1. The summed E-state index contributed by atoms with van der Waals surface area (Å²) in [5.74, 6) is 0.178. The van der Waals surface area contributed by atoms with Gasteiger partial charge in [0, 0.05) is 25.8 Å². The number of nitrogens with zero attached hydrogens (tertiary/aromatic N) is 5. The van der Waals surface area contributed by atoms with Crippen LogP contribution in [0.3, 0.4) is 0 Å². The van der Waals surface area contributed by atoms with Gasteiger partial charge in [0.1, 0.15) is 17.0 Å². The number of carbonyl (C=O) groups is 1. The number of imidazole rings is 1. The standard InChI is InChI=1S/C24H27N7O3S/c1-16-23(17(2)29-28-16)35(33,34)30-11-5-6-19(14-30)24(32)26-13-18-9-10-22(25-12-18)31-15-27-20-7-3-4-8-21(20)31/h3-4,7-10,12,15,19H,5-6,11,13-14H2,1-2H3,(H,26,32)(H,28,29). The van der Waals surface area contributed by atoms with Crippen LogP contribution >= 0.6 is 0 Å². The van der Waals surface area contributed by atoms with Gasteiger partial charge in [-0.3, -0.25) is 14.5 Å². The Balaban J connectivity index is 1.22. The fourth-order valence-electron chi connectivity index (χ4n) is 4.56. The van der Waals surface area contributed by atoms with Gasteiger partial charge in [-0.05, 0) is 50.5 Å². The summed E-state index contributed by atoms with van der Waals surface area (Å²) in [6.07, 6.45) is 4.74. The highest BCUT2D eigenvalue weighted by molar-refractivity contribution is 7.89. The molecular formula is C24H27N7O3S. The molecule has 4 aromatic rings. The molecule has 3 aromatic heterocycles. The second kappa shape index (κ2) is 9.23. The van der Waals surface area contributed by atoms with Crippen LogP contribution in [0.2, 0.25) is 0 Å². The highest BCUT2D eigenvalue weighted by Gasteiger charge is 2.35. The number of piperidine rings is 1. The number of rotatable bonds is 6. The number of benzene rings is 1. The zero-order valence-corrected chi connectivity index (χ0v) is 20.4. The first-order chi connectivity index (χ1) is 16.8. The second-order valence-electron chi connectivity index (χ2n) is 8.81. The van der Waals surface area contributed by atoms with Crippen molar-refractivity contribution in [1.29, 1.82) is 0 Å². The van der Waals surface area contributed by atoms with Crippen molar-refractivity contribution in [2.24, 2.45) is 5.92 Å². The quantitative estimate of drug-likeness (QED) is 0.425. The van der Waals surface area contributed by atoms with Gasteiger partial charge in [0.15, 0.2) is 0 Å². The molecule has 0 spiro atoms. The van der Waals surface area contributed by atoms with Crippen LogP contribution in [-0.4, -0.2) is 56.5 Å². The van der Waals surface area contributed by atoms with Gasteiger partial charge in [-0.25, -0.2) is 18.4 Å². The lowest BCUT2D eigenvalue weighted by Gasteiger charge is -2.31. The Hall–Kier alpha value is -3.57. The van der Waals surface area contributed by atoms with E-state index in [2.05, 4.69) is 25.5 Å². The lowest BCUT2D eigenvalue weighted by atomic mass is 9.99. The Morgan fingerprint density at radius 2 is 2.00 bits per heavy atom. The molecule has 1 amide bonds. The van der Waals surface area contributed by atoms with E-state index in [-0.39, 0.29) is 17.3 Å². The minimum absolute atomic E-state index is 0.156. The average molecular weight is 494 g/mol. The van der Waals surface area contributed by atoms with E-state index in [9.17, 15) is 13.2 Å². The van der Waals surface area contributed by atoms with Crippen LogP contribution in [0.15, 0.2) is 53.8 Å². The Morgan fingerprint density at radius 1 is 1.17 bits per heavy atom. The number of hydrogen-bond acceptors (Lipinski definition) is 6. The molecule has 1 aliphatic heterocycles. The fraction of sp³-hybridized carbons (Fsp3) is 0.333. The predicted octanol–water partition coefficient (Wildman–Crippen LogP) is 2.48. The van der Waals surface area contributed by atoms with Gasteiger partial charge in [0.05, 0.1) is 28.3 Å². The Morgan fingerprint density at radius 3 is 2.74 bits per heavy atom. The molecule has 0 aliphatic carbocycles. The molecule has 1 fully saturated rings. The summed E-state index contributed by atoms with van der Waals surface area (Å²) in [6.45, 7) is 4.22. The lowest BCUT2D eigenvalue weighted by molar-refractivity contribution is -0.126. The first-order valence-electron chi connectivity index (χ1n) is 11.5. The Bertz CT molecular complexity index is 1460. The third-order valence-corrected chi connectivity index (χ3v) is 8.52. The number of sulfonamides is 1.